The lowest BCUT2D eigenvalue weighted by atomic mass is 10.0. The van der Waals surface area contributed by atoms with Crippen LogP contribution in [-0.4, -0.2) is 41.3 Å². The molecule has 1 aromatic rings. The second kappa shape index (κ2) is 6.35. The Balaban J connectivity index is 2.18. The van der Waals surface area contributed by atoms with Crippen molar-refractivity contribution in [2.75, 3.05) is 19.8 Å². The van der Waals surface area contributed by atoms with Crippen LogP contribution in [0.5, 0.6) is 11.5 Å². The molecular weight excluding hydrogens is 270 g/mol. The first kappa shape index (κ1) is 15.6. The van der Waals surface area contributed by atoms with Gasteiger partial charge in [-0.25, -0.2) is 0 Å². The fourth-order valence-electron chi connectivity index (χ4n) is 2.37. The van der Waals surface area contributed by atoms with Crippen molar-refractivity contribution in [1.82, 2.24) is 4.90 Å². The van der Waals surface area contributed by atoms with Crippen molar-refractivity contribution in [3.8, 4) is 11.5 Å². The number of hydrogen-bond acceptors (Lipinski definition) is 4. The number of aliphatic carboxylic acids is 1. The summed E-state index contributed by atoms with van der Waals surface area (Å²) in [4.78, 5) is 13.3. The average Bonchev–Trinajstić information content (AvgIpc) is 2.68. The van der Waals surface area contributed by atoms with Gasteiger partial charge in [-0.05, 0) is 38.1 Å². The number of carboxylic acid groups (broad SMARTS) is 1. The fraction of sp³-hybridized carbons (Fsp3) is 0.562. The molecule has 0 radical (unpaired) electrons. The van der Waals surface area contributed by atoms with Crippen molar-refractivity contribution in [2.45, 2.75) is 39.3 Å². The summed E-state index contributed by atoms with van der Waals surface area (Å²) in [5.74, 6) is 0.685. The summed E-state index contributed by atoms with van der Waals surface area (Å²) in [7, 11) is 0. The number of benzene rings is 1. The minimum atomic E-state index is -0.904. The van der Waals surface area contributed by atoms with Gasteiger partial charge >= 0.3 is 5.97 Å². The lowest BCUT2D eigenvalue weighted by Gasteiger charge is -2.34. The second-order valence-electron chi connectivity index (χ2n) is 5.71. The van der Waals surface area contributed by atoms with Gasteiger partial charge < -0.3 is 14.6 Å². The summed E-state index contributed by atoms with van der Waals surface area (Å²) < 4.78 is 11.3. The van der Waals surface area contributed by atoms with Crippen molar-refractivity contribution < 1.29 is 19.4 Å². The van der Waals surface area contributed by atoms with E-state index in [1.165, 1.54) is 0 Å². The minimum Gasteiger partial charge on any atom is -0.490 e. The van der Waals surface area contributed by atoms with Gasteiger partial charge in [0.15, 0.2) is 11.5 Å². The van der Waals surface area contributed by atoms with E-state index in [1.807, 2.05) is 30.0 Å². The SMILES string of the molecule is CCN(Cc1ccc2c(c1)OCCCO2)C(C)(C)C(=O)O. The highest BCUT2D eigenvalue weighted by Crippen LogP contribution is 2.31. The molecule has 1 aliphatic rings. The lowest BCUT2D eigenvalue weighted by molar-refractivity contribution is -0.149. The summed E-state index contributed by atoms with van der Waals surface area (Å²) in [6.45, 7) is 7.95. The molecule has 0 saturated carbocycles. The van der Waals surface area contributed by atoms with E-state index in [9.17, 15) is 9.90 Å². The maximum atomic E-state index is 11.4. The number of rotatable bonds is 5. The van der Waals surface area contributed by atoms with Gasteiger partial charge in [-0.2, -0.15) is 0 Å². The maximum Gasteiger partial charge on any atom is 0.323 e. The first-order chi connectivity index (χ1) is 9.95. The van der Waals surface area contributed by atoms with Crippen molar-refractivity contribution >= 4 is 5.97 Å². The number of nitrogens with zero attached hydrogens (tertiary/aromatic N) is 1. The molecule has 5 nitrogen and oxygen atoms in total. The Morgan fingerprint density at radius 1 is 1.29 bits per heavy atom. The number of hydrogen-bond donors (Lipinski definition) is 1. The molecule has 0 bridgehead atoms. The Hall–Kier alpha value is -1.75. The molecule has 1 aromatic carbocycles. The zero-order chi connectivity index (χ0) is 15.5. The van der Waals surface area contributed by atoms with Crippen LogP contribution < -0.4 is 9.47 Å². The lowest BCUT2D eigenvalue weighted by Crippen LogP contribution is -2.49. The van der Waals surface area contributed by atoms with Gasteiger partial charge in [-0.1, -0.05) is 13.0 Å². The molecule has 0 atom stereocenters. The van der Waals surface area contributed by atoms with E-state index >= 15 is 0 Å². The van der Waals surface area contributed by atoms with Crippen LogP contribution in [0.3, 0.4) is 0 Å². The van der Waals surface area contributed by atoms with E-state index < -0.39 is 11.5 Å². The molecule has 0 spiro atoms. The largest absolute Gasteiger partial charge is 0.490 e. The highest BCUT2D eigenvalue weighted by Gasteiger charge is 2.33. The van der Waals surface area contributed by atoms with E-state index in [2.05, 4.69) is 0 Å². The molecule has 0 aromatic heterocycles. The molecule has 0 fully saturated rings. The van der Waals surface area contributed by atoms with Gasteiger partial charge in [0.05, 0.1) is 13.2 Å². The molecule has 1 N–H and O–H groups in total. The predicted octanol–water partition coefficient (Wildman–Crippen LogP) is 2.53. The van der Waals surface area contributed by atoms with Crippen LogP contribution >= 0.6 is 0 Å². The second-order valence-corrected chi connectivity index (χ2v) is 5.71. The molecule has 1 aliphatic heterocycles. The fourth-order valence-corrected chi connectivity index (χ4v) is 2.37. The zero-order valence-electron chi connectivity index (χ0n) is 12.9. The topological polar surface area (TPSA) is 59.0 Å². The summed E-state index contributed by atoms with van der Waals surface area (Å²) in [6.07, 6.45) is 0.872. The van der Waals surface area contributed by atoms with Crippen LogP contribution in [0, 0.1) is 0 Å². The third kappa shape index (κ3) is 3.47. The smallest absolute Gasteiger partial charge is 0.323 e. The highest BCUT2D eigenvalue weighted by molar-refractivity contribution is 5.77. The third-order valence-electron chi connectivity index (χ3n) is 3.88. The highest BCUT2D eigenvalue weighted by atomic mass is 16.5. The first-order valence-corrected chi connectivity index (χ1v) is 7.32. The molecule has 21 heavy (non-hydrogen) atoms. The average molecular weight is 293 g/mol. The normalized spacial score (nSPS) is 14.9. The van der Waals surface area contributed by atoms with Gasteiger partial charge in [-0.3, -0.25) is 9.69 Å². The van der Waals surface area contributed by atoms with E-state index in [0.717, 1.165) is 23.5 Å². The summed E-state index contributed by atoms with van der Waals surface area (Å²) in [5, 5.41) is 9.36. The summed E-state index contributed by atoms with van der Waals surface area (Å²) in [5.41, 5.74) is 0.120. The van der Waals surface area contributed by atoms with Gasteiger partial charge in [-0.15, -0.1) is 0 Å². The van der Waals surface area contributed by atoms with E-state index in [-0.39, 0.29) is 0 Å². The molecule has 1 heterocycles. The van der Waals surface area contributed by atoms with Crippen molar-refractivity contribution in [1.29, 1.82) is 0 Å². The van der Waals surface area contributed by atoms with Crippen LogP contribution in [0.15, 0.2) is 18.2 Å². The van der Waals surface area contributed by atoms with E-state index in [4.69, 9.17) is 9.47 Å². The number of likely N-dealkylation sites (N-methyl/N-ethyl adjacent to an activating group) is 1. The maximum absolute atomic E-state index is 11.4. The molecule has 0 aliphatic carbocycles. The number of carbonyl (C=O) groups is 1. The van der Waals surface area contributed by atoms with Gasteiger partial charge in [0.2, 0.25) is 0 Å². The van der Waals surface area contributed by atoms with Crippen LogP contribution in [0.25, 0.3) is 0 Å². The molecule has 0 amide bonds. The molecular formula is C16H23NO4. The molecule has 5 heteroatoms. The minimum absolute atomic E-state index is 0.562. The van der Waals surface area contributed by atoms with Gasteiger partial charge in [0, 0.05) is 13.0 Å². The van der Waals surface area contributed by atoms with Crippen LogP contribution in [0.1, 0.15) is 32.8 Å². The molecule has 0 saturated heterocycles. The Bertz CT molecular complexity index is 513. The molecule has 2 rings (SSSR count). The summed E-state index contributed by atoms with van der Waals surface area (Å²) >= 11 is 0. The van der Waals surface area contributed by atoms with Crippen LogP contribution in [-0.2, 0) is 11.3 Å². The van der Waals surface area contributed by atoms with Crippen molar-refractivity contribution in [3.05, 3.63) is 23.8 Å². The Labute approximate surface area is 125 Å². The van der Waals surface area contributed by atoms with E-state index in [1.54, 1.807) is 13.8 Å². The number of ether oxygens (including phenoxy) is 2. The van der Waals surface area contributed by atoms with Crippen LogP contribution in [0.2, 0.25) is 0 Å². The monoisotopic (exact) mass is 293 g/mol. The Kier molecular flexibility index (Phi) is 4.73. The molecule has 116 valence electrons. The quantitative estimate of drug-likeness (QED) is 0.904. The zero-order valence-corrected chi connectivity index (χ0v) is 12.9. The van der Waals surface area contributed by atoms with Crippen molar-refractivity contribution in [3.63, 3.8) is 0 Å². The predicted molar refractivity (Wildman–Crippen MR) is 79.8 cm³/mol. The van der Waals surface area contributed by atoms with Crippen molar-refractivity contribution in [2.24, 2.45) is 0 Å². The van der Waals surface area contributed by atoms with Gasteiger partial charge in [0.1, 0.15) is 5.54 Å². The third-order valence-corrected chi connectivity index (χ3v) is 3.88. The van der Waals surface area contributed by atoms with Gasteiger partial charge in [0.25, 0.3) is 0 Å². The first-order valence-electron chi connectivity index (χ1n) is 7.32. The number of carboxylic acids is 1. The van der Waals surface area contributed by atoms with E-state index in [0.29, 0.717) is 26.3 Å². The summed E-state index contributed by atoms with van der Waals surface area (Å²) in [6, 6.07) is 5.81. The standard InChI is InChI=1S/C16H23NO4/c1-4-17(16(2,3)15(18)19)11-12-6-7-13-14(10-12)21-9-5-8-20-13/h6-7,10H,4-5,8-9,11H2,1-3H3,(H,18,19). The Morgan fingerprint density at radius 2 is 1.95 bits per heavy atom. The number of fused-ring (bicyclic) bond motifs is 1. The molecule has 0 unspecified atom stereocenters. The Morgan fingerprint density at radius 3 is 2.57 bits per heavy atom. The van der Waals surface area contributed by atoms with Crippen LogP contribution in [0.4, 0.5) is 0 Å².